The van der Waals surface area contributed by atoms with Gasteiger partial charge in [-0.3, -0.25) is 10.1 Å². The van der Waals surface area contributed by atoms with Gasteiger partial charge in [0.2, 0.25) is 0 Å². The summed E-state index contributed by atoms with van der Waals surface area (Å²) in [6.45, 7) is 1.93. The van der Waals surface area contributed by atoms with Crippen LogP contribution >= 0.6 is 46.4 Å². The van der Waals surface area contributed by atoms with E-state index < -0.39 is 11.9 Å². The predicted molar refractivity (Wildman–Crippen MR) is 117 cm³/mol. The first-order chi connectivity index (χ1) is 14.2. The second kappa shape index (κ2) is 9.10. The zero-order chi connectivity index (χ0) is 22.0. The van der Waals surface area contributed by atoms with E-state index in [-0.39, 0.29) is 31.3 Å². The molecule has 3 amide bonds. The van der Waals surface area contributed by atoms with E-state index in [0.29, 0.717) is 15.9 Å². The van der Waals surface area contributed by atoms with Crippen molar-refractivity contribution < 1.29 is 14.8 Å². The summed E-state index contributed by atoms with van der Waals surface area (Å²) in [5, 5.41) is 12.5. The van der Waals surface area contributed by atoms with Crippen LogP contribution in [0.1, 0.15) is 15.9 Å². The Bertz CT molecular complexity index is 1200. The zero-order valence-electron chi connectivity index (χ0n) is 15.3. The van der Waals surface area contributed by atoms with Crippen LogP contribution in [0.4, 0.5) is 4.79 Å². The molecule has 154 valence electrons. The third kappa shape index (κ3) is 4.63. The number of hydrogen-bond donors (Lipinski definition) is 2. The number of aromatic nitrogens is 1. The minimum atomic E-state index is -1.07. The monoisotopic (exact) mass is 483 g/mol. The molecule has 0 aliphatic rings. The number of pyridine rings is 1. The summed E-state index contributed by atoms with van der Waals surface area (Å²) in [6, 6.07) is 11.9. The quantitative estimate of drug-likeness (QED) is 0.358. The summed E-state index contributed by atoms with van der Waals surface area (Å²) in [4.78, 5) is 28.1. The molecular formula is C20H13Cl4N3O3. The van der Waals surface area contributed by atoms with Crippen LogP contribution in [0.5, 0.6) is 0 Å². The number of aryl methyl sites for hydroxylation is 1. The predicted octanol–water partition coefficient (Wildman–Crippen LogP) is 5.77. The van der Waals surface area contributed by atoms with Gasteiger partial charge in [-0.2, -0.15) is 9.72 Å². The van der Waals surface area contributed by atoms with Crippen molar-refractivity contribution in [3.63, 3.8) is 0 Å². The molecule has 10 heteroatoms. The Balaban J connectivity index is 1.95. The number of carbonyl (C=O) groups is 2. The molecular weight excluding hydrogens is 472 g/mol. The number of halogens is 4. The molecule has 2 aromatic carbocycles. The van der Waals surface area contributed by atoms with Crippen molar-refractivity contribution in [3.05, 3.63) is 85.4 Å². The van der Waals surface area contributed by atoms with Gasteiger partial charge in [-0.1, -0.05) is 82.3 Å². The maximum absolute atomic E-state index is 12.3. The number of rotatable bonds is 2. The lowest BCUT2D eigenvalue weighted by Crippen LogP contribution is -2.31. The lowest BCUT2D eigenvalue weighted by Gasteiger charge is -2.11. The highest BCUT2D eigenvalue weighted by molar-refractivity contribution is 6.40. The first-order valence-electron chi connectivity index (χ1n) is 8.40. The van der Waals surface area contributed by atoms with Gasteiger partial charge in [0.1, 0.15) is 0 Å². The van der Waals surface area contributed by atoms with Crippen molar-refractivity contribution in [2.24, 2.45) is 4.99 Å². The molecule has 1 aromatic heterocycles. The standard InChI is InChI=1S/C20H13Cl4N3O3/c1-10-5-7-11(8-6-10)16-14(23)9-15(27(30)18(16)24)25-20(29)26-19(28)17-12(21)3-2-4-13(17)22/h2-9,30H,1H3,(H,26,28,29). The lowest BCUT2D eigenvalue weighted by molar-refractivity contribution is 0.0966. The first-order valence-corrected chi connectivity index (χ1v) is 9.91. The number of imide groups is 1. The van der Waals surface area contributed by atoms with Crippen molar-refractivity contribution in [2.45, 2.75) is 6.92 Å². The molecule has 0 spiro atoms. The normalized spacial score (nSPS) is 11.4. The van der Waals surface area contributed by atoms with Gasteiger partial charge in [-0.05, 0) is 24.6 Å². The molecule has 0 saturated heterocycles. The van der Waals surface area contributed by atoms with Gasteiger partial charge in [-0.15, -0.1) is 0 Å². The number of amides is 3. The second-order valence-corrected chi connectivity index (χ2v) is 7.74. The van der Waals surface area contributed by atoms with Crippen molar-refractivity contribution in [1.82, 2.24) is 10.0 Å². The Labute approximate surface area is 191 Å². The fourth-order valence-corrected chi connectivity index (χ4v) is 3.83. The Morgan fingerprint density at radius 3 is 2.17 bits per heavy atom. The average Bonchev–Trinajstić information content (AvgIpc) is 2.67. The van der Waals surface area contributed by atoms with E-state index in [1.54, 1.807) is 18.2 Å². The van der Waals surface area contributed by atoms with E-state index in [2.05, 4.69) is 4.99 Å². The van der Waals surface area contributed by atoms with Crippen LogP contribution < -0.4 is 10.8 Å². The van der Waals surface area contributed by atoms with E-state index in [1.807, 2.05) is 24.4 Å². The molecule has 0 atom stereocenters. The van der Waals surface area contributed by atoms with Crippen LogP contribution in [-0.2, 0) is 0 Å². The van der Waals surface area contributed by atoms with Crippen LogP contribution in [0, 0.1) is 6.92 Å². The Hall–Kier alpha value is -2.51. The Morgan fingerprint density at radius 2 is 1.57 bits per heavy atom. The van der Waals surface area contributed by atoms with Gasteiger partial charge in [0.25, 0.3) is 5.91 Å². The van der Waals surface area contributed by atoms with Gasteiger partial charge in [0.05, 0.1) is 20.6 Å². The Morgan fingerprint density at radius 1 is 0.967 bits per heavy atom. The molecule has 3 rings (SSSR count). The highest BCUT2D eigenvalue weighted by Crippen LogP contribution is 2.33. The molecule has 0 aliphatic heterocycles. The summed E-state index contributed by atoms with van der Waals surface area (Å²) < 4.78 is 0.495. The minimum Gasteiger partial charge on any atom is -0.425 e. The molecule has 6 nitrogen and oxygen atoms in total. The third-order valence-electron chi connectivity index (χ3n) is 4.07. The highest BCUT2D eigenvalue weighted by atomic mass is 35.5. The van der Waals surface area contributed by atoms with Crippen molar-refractivity contribution in [1.29, 1.82) is 0 Å². The zero-order valence-corrected chi connectivity index (χ0v) is 18.3. The molecule has 0 bridgehead atoms. The second-order valence-electron chi connectivity index (χ2n) is 6.16. The van der Waals surface area contributed by atoms with E-state index in [1.165, 1.54) is 18.2 Å². The molecule has 2 N–H and O–H groups in total. The Kier molecular flexibility index (Phi) is 6.73. The van der Waals surface area contributed by atoms with Crippen LogP contribution in [0.3, 0.4) is 0 Å². The number of carbonyl (C=O) groups excluding carboxylic acids is 2. The molecule has 30 heavy (non-hydrogen) atoms. The highest BCUT2D eigenvalue weighted by Gasteiger charge is 2.18. The van der Waals surface area contributed by atoms with Gasteiger partial charge >= 0.3 is 6.03 Å². The molecule has 0 aliphatic carbocycles. The maximum Gasteiger partial charge on any atom is 0.349 e. The van der Waals surface area contributed by atoms with E-state index in [0.717, 1.165) is 5.56 Å². The van der Waals surface area contributed by atoms with Crippen LogP contribution in [-0.4, -0.2) is 21.9 Å². The number of benzene rings is 2. The number of nitrogens with zero attached hydrogens (tertiary/aromatic N) is 2. The van der Waals surface area contributed by atoms with Crippen molar-refractivity contribution in [2.75, 3.05) is 0 Å². The average molecular weight is 485 g/mol. The van der Waals surface area contributed by atoms with E-state index in [4.69, 9.17) is 46.4 Å². The summed E-state index contributed by atoms with van der Waals surface area (Å²) in [5.41, 5.74) is 1.70. The van der Waals surface area contributed by atoms with Gasteiger partial charge in [-0.25, -0.2) is 4.79 Å². The lowest BCUT2D eigenvalue weighted by atomic mass is 10.1. The molecule has 1 heterocycles. The number of urea groups is 1. The summed E-state index contributed by atoms with van der Waals surface area (Å²) in [7, 11) is 0. The van der Waals surface area contributed by atoms with Gasteiger partial charge in [0.15, 0.2) is 10.6 Å². The minimum absolute atomic E-state index is 0.0681. The smallest absolute Gasteiger partial charge is 0.349 e. The fourth-order valence-electron chi connectivity index (χ4n) is 2.61. The van der Waals surface area contributed by atoms with Crippen molar-refractivity contribution >= 4 is 58.3 Å². The fraction of sp³-hybridized carbons (Fsp3) is 0.0500. The van der Waals surface area contributed by atoms with Crippen LogP contribution in [0.25, 0.3) is 11.1 Å². The number of hydrogen-bond acceptors (Lipinski definition) is 3. The topological polar surface area (TPSA) is 83.7 Å². The summed E-state index contributed by atoms with van der Waals surface area (Å²) >= 11 is 24.5. The molecule has 0 radical (unpaired) electrons. The first kappa shape index (κ1) is 22.2. The summed E-state index contributed by atoms with van der Waals surface area (Å²) in [5.74, 6) is -0.850. The number of nitrogens with one attached hydrogen (secondary N) is 1. The van der Waals surface area contributed by atoms with E-state index >= 15 is 0 Å². The largest absolute Gasteiger partial charge is 0.425 e. The molecule has 3 aromatic rings. The molecule has 0 fully saturated rings. The van der Waals surface area contributed by atoms with Crippen LogP contribution in [0.15, 0.2) is 53.5 Å². The molecule has 0 unspecified atom stereocenters. The molecule has 0 saturated carbocycles. The van der Waals surface area contributed by atoms with Crippen LogP contribution in [0.2, 0.25) is 20.2 Å². The third-order valence-corrected chi connectivity index (χ3v) is 5.35. The summed E-state index contributed by atoms with van der Waals surface area (Å²) in [6.07, 6.45) is 0. The van der Waals surface area contributed by atoms with Gasteiger partial charge < -0.3 is 5.21 Å². The van der Waals surface area contributed by atoms with Gasteiger partial charge in [0, 0.05) is 11.6 Å². The maximum atomic E-state index is 12.3. The van der Waals surface area contributed by atoms with E-state index in [9.17, 15) is 14.8 Å². The van der Waals surface area contributed by atoms with Crippen molar-refractivity contribution in [3.8, 4) is 11.1 Å². The SMILES string of the molecule is Cc1ccc(-c2c(Cl)cc(=NC(=O)NC(=O)c3c(Cl)cccc3Cl)n(O)c2Cl)cc1.